The quantitative estimate of drug-likeness (QED) is 0.481. The van der Waals surface area contributed by atoms with E-state index in [9.17, 15) is 31.7 Å². The summed E-state index contributed by atoms with van der Waals surface area (Å²) in [5, 5.41) is 10.7. The van der Waals surface area contributed by atoms with Crippen molar-refractivity contribution in [3.8, 4) is 0 Å². The maximum Gasteiger partial charge on any atom is 0.406 e. The number of para-hydroxylation sites is 1. The summed E-state index contributed by atoms with van der Waals surface area (Å²) in [4.78, 5) is 9.01. The Kier molecular flexibility index (Phi) is 3.01. The standard InChI is InChI=1S/C9H7F3N2O4S/c10-9(11,12)8-5-13(8)19(17,18)7-4-2-1-3-6(7)14(15)16/h1-4,8H,5H2. The molecule has 0 saturated carbocycles. The molecule has 19 heavy (non-hydrogen) atoms. The van der Waals surface area contributed by atoms with E-state index in [1.165, 1.54) is 12.1 Å². The SMILES string of the molecule is O=[N+]([O-])c1ccccc1S(=O)(=O)N1CC1C(F)(F)F. The summed E-state index contributed by atoms with van der Waals surface area (Å²) in [6, 6.07) is 2.20. The number of hydrogen-bond acceptors (Lipinski definition) is 4. The van der Waals surface area contributed by atoms with Gasteiger partial charge in [-0.2, -0.15) is 17.5 Å². The van der Waals surface area contributed by atoms with E-state index in [1.807, 2.05) is 0 Å². The Morgan fingerprint density at radius 3 is 2.37 bits per heavy atom. The first-order valence-electron chi connectivity index (χ1n) is 4.97. The van der Waals surface area contributed by atoms with Crippen LogP contribution < -0.4 is 0 Å². The maximum absolute atomic E-state index is 12.4. The number of rotatable bonds is 3. The van der Waals surface area contributed by atoms with Gasteiger partial charge >= 0.3 is 6.18 Å². The van der Waals surface area contributed by atoms with E-state index in [2.05, 4.69) is 0 Å². The molecule has 0 bridgehead atoms. The van der Waals surface area contributed by atoms with Gasteiger partial charge in [-0.05, 0) is 6.07 Å². The highest BCUT2D eigenvalue weighted by Gasteiger charge is 2.60. The number of halogens is 3. The van der Waals surface area contributed by atoms with Crippen LogP contribution in [-0.4, -0.2) is 36.4 Å². The molecule has 0 aromatic heterocycles. The Morgan fingerprint density at radius 1 is 1.32 bits per heavy atom. The van der Waals surface area contributed by atoms with Crippen LogP contribution in [0.4, 0.5) is 18.9 Å². The molecule has 0 spiro atoms. The molecule has 0 amide bonds. The van der Waals surface area contributed by atoms with Gasteiger partial charge in [0.15, 0.2) is 4.90 Å². The van der Waals surface area contributed by atoms with Crippen LogP contribution in [0.1, 0.15) is 0 Å². The monoisotopic (exact) mass is 296 g/mol. The van der Waals surface area contributed by atoms with Gasteiger partial charge in [0.25, 0.3) is 15.7 Å². The third-order valence-electron chi connectivity index (χ3n) is 2.59. The van der Waals surface area contributed by atoms with E-state index >= 15 is 0 Å². The highest BCUT2D eigenvalue weighted by atomic mass is 32.2. The molecule has 0 N–H and O–H groups in total. The Bertz CT molecular complexity index is 629. The van der Waals surface area contributed by atoms with Crippen LogP contribution in [0.3, 0.4) is 0 Å². The lowest BCUT2D eigenvalue weighted by Crippen LogP contribution is -2.25. The zero-order valence-corrected chi connectivity index (χ0v) is 9.98. The second-order valence-electron chi connectivity index (χ2n) is 3.86. The maximum atomic E-state index is 12.4. The van der Waals surface area contributed by atoms with Crippen molar-refractivity contribution in [2.75, 3.05) is 6.54 Å². The van der Waals surface area contributed by atoms with Crippen molar-refractivity contribution in [2.45, 2.75) is 17.1 Å². The lowest BCUT2D eigenvalue weighted by Gasteiger charge is -2.08. The topological polar surface area (TPSA) is 80.3 Å². The first-order valence-corrected chi connectivity index (χ1v) is 6.41. The first-order chi connectivity index (χ1) is 8.65. The van der Waals surface area contributed by atoms with Crippen LogP contribution in [0.15, 0.2) is 29.2 Å². The molecule has 2 rings (SSSR count). The van der Waals surface area contributed by atoms with Gasteiger partial charge in [0.1, 0.15) is 6.04 Å². The molecular weight excluding hydrogens is 289 g/mol. The lowest BCUT2D eigenvalue weighted by molar-refractivity contribution is -0.387. The van der Waals surface area contributed by atoms with Gasteiger partial charge in [-0.1, -0.05) is 12.1 Å². The molecule has 6 nitrogen and oxygen atoms in total. The molecule has 2 unspecified atom stereocenters. The molecule has 1 saturated heterocycles. The fourth-order valence-corrected chi connectivity index (χ4v) is 3.31. The minimum Gasteiger partial charge on any atom is -0.258 e. The Morgan fingerprint density at radius 2 is 1.89 bits per heavy atom. The van der Waals surface area contributed by atoms with Crippen molar-refractivity contribution in [2.24, 2.45) is 0 Å². The van der Waals surface area contributed by atoms with Crippen LogP contribution in [-0.2, 0) is 10.0 Å². The molecule has 1 heterocycles. The number of sulfonamides is 1. The van der Waals surface area contributed by atoms with Crippen LogP contribution in [0.5, 0.6) is 0 Å². The summed E-state index contributed by atoms with van der Waals surface area (Å²) in [5.74, 6) is 0. The van der Waals surface area contributed by atoms with Crippen LogP contribution in [0.2, 0.25) is 0 Å². The van der Waals surface area contributed by atoms with Gasteiger partial charge in [-0.15, -0.1) is 0 Å². The highest BCUT2D eigenvalue weighted by molar-refractivity contribution is 7.89. The summed E-state index contributed by atoms with van der Waals surface area (Å²) in [5.41, 5.74) is -0.740. The summed E-state index contributed by atoms with van der Waals surface area (Å²) in [6.07, 6.45) is -4.67. The number of hydrogen-bond donors (Lipinski definition) is 0. The number of benzene rings is 1. The predicted octanol–water partition coefficient (Wildman–Crippen LogP) is 1.53. The molecule has 10 heteroatoms. The third-order valence-corrected chi connectivity index (χ3v) is 4.52. The summed E-state index contributed by atoms with van der Waals surface area (Å²) in [7, 11) is -4.50. The zero-order valence-electron chi connectivity index (χ0n) is 9.16. The summed E-state index contributed by atoms with van der Waals surface area (Å²) in [6.45, 7) is -0.710. The average Bonchev–Trinajstić information content (AvgIpc) is 3.08. The summed E-state index contributed by atoms with van der Waals surface area (Å²) < 4.78 is 61.1. The van der Waals surface area contributed by atoms with Crippen molar-refractivity contribution in [3.05, 3.63) is 34.4 Å². The number of alkyl halides is 3. The molecule has 1 aliphatic rings. The molecule has 1 fully saturated rings. The number of nitro groups is 1. The van der Waals surface area contributed by atoms with Crippen LogP contribution in [0.25, 0.3) is 0 Å². The Labute approximate surface area is 105 Å². The number of nitro benzene ring substituents is 1. The largest absolute Gasteiger partial charge is 0.406 e. The third kappa shape index (κ3) is 2.40. The summed E-state index contributed by atoms with van der Waals surface area (Å²) >= 11 is 0. The van der Waals surface area contributed by atoms with E-state index in [0.29, 0.717) is 0 Å². The molecule has 1 aromatic carbocycles. The number of nitrogens with zero attached hydrogens (tertiary/aromatic N) is 2. The van der Waals surface area contributed by atoms with E-state index in [1.54, 1.807) is 0 Å². The van der Waals surface area contributed by atoms with E-state index < -0.39 is 44.3 Å². The second kappa shape index (κ2) is 4.17. The molecule has 1 aromatic rings. The minimum absolute atomic E-state index is 0.190. The van der Waals surface area contributed by atoms with Gasteiger partial charge in [0.2, 0.25) is 0 Å². The zero-order chi connectivity index (χ0) is 14.4. The molecule has 0 aliphatic carbocycles. The second-order valence-corrected chi connectivity index (χ2v) is 5.72. The van der Waals surface area contributed by atoms with Gasteiger partial charge in [0.05, 0.1) is 4.92 Å². The Hall–Kier alpha value is -1.68. The van der Waals surface area contributed by atoms with E-state index in [-0.39, 0.29) is 4.31 Å². The molecule has 1 aliphatic heterocycles. The molecule has 104 valence electrons. The van der Waals surface area contributed by atoms with E-state index in [4.69, 9.17) is 0 Å². The van der Waals surface area contributed by atoms with Gasteiger partial charge < -0.3 is 0 Å². The van der Waals surface area contributed by atoms with Gasteiger partial charge in [-0.25, -0.2) is 8.42 Å². The molecule has 2 atom stereocenters. The van der Waals surface area contributed by atoms with Gasteiger partial charge in [0, 0.05) is 12.6 Å². The van der Waals surface area contributed by atoms with E-state index in [0.717, 1.165) is 12.1 Å². The molecular formula is C9H7F3N2O4S. The van der Waals surface area contributed by atoms with Crippen molar-refractivity contribution in [3.63, 3.8) is 0 Å². The van der Waals surface area contributed by atoms with Gasteiger partial charge in [-0.3, -0.25) is 10.1 Å². The average molecular weight is 296 g/mol. The normalized spacial score (nSPS) is 23.1. The highest BCUT2D eigenvalue weighted by Crippen LogP contribution is 2.40. The Balaban J connectivity index is 2.41. The first kappa shape index (κ1) is 13.7. The fraction of sp³-hybridized carbons (Fsp3) is 0.333. The van der Waals surface area contributed by atoms with Crippen LogP contribution >= 0.6 is 0 Å². The smallest absolute Gasteiger partial charge is 0.258 e. The van der Waals surface area contributed by atoms with Crippen LogP contribution in [0, 0.1) is 10.1 Å². The van der Waals surface area contributed by atoms with Crippen molar-refractivity contribution in [1.29, 1.82) is 0 Å². The van der Waals surface area contributed by atoms with Crippen molar-refractivity contribution >= 4 is 15.7 Å². The predicted molar refractivity (Wildman–Crippen MR) is 56.8 cm³/mol. The fourth-order valence-electron chi connectivity index (χ4n) is 1.61. The molecule has 0 radical (unpaired) electrons. The minimum atomic E-state index is -4.67. The lowest BCUT2D eigenvalue weighted by atomic mass is 10.3. The van der Waals surface area contributed by atoms with Crippen molar-refractivity contribution < 1.29 is 26.5 Å². The van der Waals surface area contributed by atoms with Crippen molar-refractivity contribution in [1.82, 2.24) is 4.31 Å².